The number of thiophene rings is 1. The Morgan fingerprint density at radius 1 is 1.29 bits per heavy atom. The summed E-state index contributed by atoms with van der Waals surface area (Å²) in [6.07, 6.45) is 0. The fourth-order valence-corrected chi connectivity index (χ4v) is 5.59. The number of rotatable bonds is 4. The van der Waals surface area contributed by atoms with E-state index in [1.807, 2.05) is 16.8 Å². The predicted octanol–water partition coefficient (Wildman–Crippen LogP) is 1.68. The smallest absolute Gasteiger partial charge is 0.245 e. The Bertz CT molecular complexity index is 952. The lowest BCUT2D eigenvalue weighted by Crippen LogP contribution is -2.29. The van der Waals surface area contributed by atoms with Crippen molar-refractivity contribution in [2.45, 2.75) is 10.8 Å². The number of sulfonamides is 1. The largest absolute Gasteiger partial charge is 0.396 e. The van der Waals surface area contributed by atoms with E-state index in [0.29, 0.717) is 12.1 Å². The Hall–Kier alpha value is -1.81. The molecule has 2 atom stereocenters. The highest BCUT2D eigenvalue weighted by Gasteiger charge is 2.40. The Kier molecular flexibility index (Phi) is 3.87. The van der Waals surface area contributed by atoms with Gasteiger partial charge >= 0.3 is 0 Å². The first-order valence-electron chi connectivity index (χ1n) is 7.45. The van der Waals surface area contributed by atoms with Gasteiger partial charge in [-0.3, -0.25) is 0 Å². The molecule has 1 aromatic carbocycles. The van der Waals surface area contributed by atoms with E-state index in [2.05, 4.69) is 14.9 Å². The Morgan fingerprint density at radius 2 is 2.17 bits per heavy atom. The molecule has 0 unspecified atom stereocenters. The van der Waals surface area contributed by atoms with Crippen molar-refractivity contribution in [1.29, 1.82) is 0 Å². The first kappa shape index (κ1) is 15.7. The number of aliphatic hydroxyl groups excluding tert-OH is 1. The van der Waals surface area contributed by atoms with Crippen LogP contribution in [0.5, 0.6) is 0 Å². The van der Waals surface area contributed by atoms with Crippen LogP contribution in [0.15, 0.2) is 44.6 Å². The summed E-state index contributed by atoms with van der Waals surface area (Å²) in [4.78, 5) is 0.0870. The Morgan fingerprint density at radius 3 is 2.92 bits per heavy atom. The molecule has 24 heavy (non-hydrogen) atoms. The lowest BCUT2D eigenvalue weighted by molar-refractivity contribution is 0.223. The van der Waals surface area contributed by atoms with Gasteiger partial charge in [-0.25, -0.2) is 13.0 Å². The molecule has 0 aliphatic carbocycles. The first-order chi connectivity index (χ1) is 11.6. The molecule has 2 aromatic heterocycles. The molecule has 0 spiro atoms. The molecule has 9 heteroatoms. The monoisotopic (exact) mass is 365 g/mol. The number of nitrogens with zero attached hydrogens (tertiary/aromatic N) is 3. The molecule has 1 saturated heterocycles. The number of hydrogen-bond acceptors (Lipinski definition) is 7. The highest BCUT2D eigenvalue weighted by molar-refractivity contribution is 7.89. The number of aliphatic hydroxyl groups is 1. The fourth-order valence-electron chi connectivity index (χ4n) is 3.21. The van der Waals surface area contributed by atoms with Gasteiger partial charge in [-0.15, -0.1) is 0 Å². The molecule has 1 N–H and O–H groups in total. The lowest BCUT2D eigenvalue weighted by Gasteiger charge is -2.16. The summed E-state index contributed by atoms with van der Waals surface area (Å²) in [5.74, 6) is -0.130. The zero-order valence-electron chi connectivity index (χ0n) is 12.6. The van der Waals surface area contributed by atoms with E-state index in [0.717, 1.165) is 5.56 Å². The minimum atomic E-state index is -3.74. The molecular formula is C15H15N3O4S2. The SMILES string of the molecule is O=S(=O)(c1cccc2nonc12)N1C[C@H](CO)[C@@H](c2ccsc2)C1. The second kappa shape index (κ2) is 5.92. The van der Waals surface area contributed by atoms with Crippen molar-refractivity contribution < 1.29 is 18.2 Å². The van der Waals surface area contributed by atoms with Crippen LogP contribution in [-0.4, -0.2) is 47.8 Å². The normalized spacial score (nSPS) is 22.4. The zero-order valence-corrected chi connectivity index (χ0v) is 14.2. The molecule has 1 aliphatic heterocycles. The van der Waals surface area contributed by atoms with Crippen molar-refractivity contribution in [1.82, 2.24) is 14.6 Å². The van der Waals surface area contributed by atoms with Gasteiger partial charge in [-0.05, 0) is 44.8 Å². The van der Waals surface area contributed by atoms with Gasteiger partial charge in [0.15, 0.2) is 5.52 Å². The third-order valence-corrected chi connectivity index (χ3v) is 7.04. The minimum absolute atomic E-state index is 0.00865. The molecule has 1 fully saturated rings. The van der Waals surface area contributed by atoms with E-state index in [9.17, 15) is 13.5 Å². The van der Waals surface area contributed by atoms with Crippen LogP contribution in [0.2, 0.25) is 0 Å². The summed E-state index contributed by atoms with van der Waals surface area (Å²) in [7, 11) is -3.74. The van der Waals surface area contributed by atoms with Crippen molar-refractivity contribution in [3.05, 3.63) is 40.6 Å². The van der Waals surface area contributed by atoms with Gasteiger partial charge in [0.2, 0.25) is 10.0 Å². The number of aromatic nitrogens is 2. The summed E-state index contributed by atoms with van der Waals surface area (Å²) >= 11 is 1.57. The van der Waals surface area contributed by atoms with Crippen LogP contribution in [0.1, 0.15) is 11.5 Å². The van der Waals surface area contributed by atoms with Gasteiger partial charge in [-0.1, -0.05) is 6.07 Å². The standard InChI is InChI=1S/C15H15N3O4S2/c19-8-11-6-18(7-12(11)10-4-5-23-9-10)24(20,21)14-3-1-2-13-15(14)17-22-16-13/h1-5,9,11-12,19H,6-8H2/t11-,12-/m1/s1. The lowest BCUT2D eigenvalue weighted by atomic mass is 9.92. The number of benzene rings is 1. The molecule has 7 nitrogen and oxygen atoms in total. The van der Waals surface area contributed by atoms with Crippen molar-refractivity contribution in [3.63, 3.8) is 0 Å². The van der Waals surface area contributed by atoms with E-state index in [4.69, 9.17) is 0 Å². The molecule has 3 heterocycles. The summed E-state index contributed by atoms with van der Waals surface area (Å²) in [5, 5.41) is 21.1. The maximum Gasteiger partial charge on any atom is 0.245 e. The van der Waals surface area contributed by atoms with E-state index in [1.165, 1.54) is 10.4 Å². The van der Waals surface area contributed by atoms with Crippen LogP contribution in [0.25, 0.3) is 11.0 Å². The molecule has 1 aliphatic rings. The first-order valence-corrected chi connectivity index (χ1v) is 9.84. The minimum Gasteiger partial charge on any atom is -0.396 e. The van der Waals surface area contributed by atoms with Crippen molar-refractivity contribution in [3.8, 4) is 0 Å². The van der Waals surface area contributed by atoms with Crippen LogP contribution in [0, 0.1) is 5.92 Å². The van der Waals surface area contributed by atoms with E-state index in [1.54, 1.807) is 23.5 Å². The molecular weight excluding hydrogens is 350 g/mol. The zero-order chi connectivity index (χ0) is 16.7. The number of hydrogen-bond donors (Lipinski definition) is 1. The highest BCUT2D eigenvalue weighted by Crippen LogP contribution is 2.37. The van der Waals surface area contributed by atoms with Gasteiger partial charge in [0.25, 0.3) is 0 Å². The quantitative estimate of drug-likeness (QED) is 0.756. The topological polar surface area (TPSA) is 96.5 Å². The highest BCUT2D eigenvalue weighted by atomic mass is 32.2. The molecule has 3 aromatic rings. The van der Waals surface area contributed by atoms with Crippen LogP contribution in [0.4, 0.5) is 0 Å². The van der Waals surface area contributed by atoms with Gasteiger partial charge in [0, 0.05) is 31.5 Å². The van der Waals surface area contributed by atoms with E-state index >= 15 is 0 Å². The van der Waals surface area contributed by atoms with Gasteiger partial charge < -0.3 is 5.11 Å². The third kappa shape index (κ3) is 2.44. The van der Waals surface area contributed by atoms with Gasteiger partial charge in [-0.2, -0.15) is 15.6 Å². The fraction of sp³-hybridized carbons (Fsp3) is 0.333. The van der Waals surface area contributed by atoms with Crippen LogP contribution >= 0.6 is 11.3 Å². The summed E-state index contributed by atoms with van der Waals surface area (Å²) in [6.45, 7) is 0.565. The van der Waals surface area contributed by atoms with Crippen molar-refractivity contribution >= 4 is 32.4 Å². The summed E-state index contributed by atoms with van der Waals surface area (Å²) in [5.41, 5.74) is 1.71. The van der Waals surface area contributed by atoms with Crippen molar-refractivity contribution in [2.75, 3.05) is 19.7 Å². The Labute approximate surface area is 142 Å². The van der Waals surface area contributed by atoms with Gasteiger partial charge in [0.1, 0.15) is 10.4 Å². The van der Waals surface area contributed by atoms with Gasteiger partial charge in [0.05, 0.1) is 0 Å². The van der Waals surface area contributed by atoms with Crippen molar-refractivity contribution in [2.24, 2.45) is 5.92 Å². The summed E-state index contributed by atoms with van der Waals surface area (Å²) in [6, 6.07) is 6.76. The maximum atomic E-state index is 13.1. The molecule has 0 radical (unpaired) electrons. The predicted molar refractivity (Wildman–Crippen MR) is 88.2 cm³/mol. The summed E-state index contributed by atoms with van der Waals surface area (Å²) < 4.78 is 32.2. The molecule has 0 saturated carbocycles. The van der Waals surface area contributed by atoms with Crippen LogP contribution < -0.4 is 0 Å². The van der Waals surface area contributed by atoms with E-state index < -0.39 is 10.0 Å². The van der Waals surface area contributed by atoms with Crippen LogP contribution in [0.3, 0.4) is 0 Å². The Balaban J connectivity index is 1.72. The van der Waals surface area contributed by atoms with E-state index in [-0.39, 0.29) is 35.4 Å². The maximum absolute atomic E-state index is 13.1. The average molecular weight is 365 g/mol. The molecule has 4 rings (SSSR count). The average Bonchev–Trinajstić information content (AvgIpc) is 3.31. The molecule has 126 valence electrons. The number of fused-ring (bicyclic) bond motifs is 1. The third-order valence-electron chi connectivity index (χ3n) is 4.48. The second-order valence-corrected chi connectivity index (χ2v) is 8.50. The molecule has 0 amide bonds. The second-order valence-electron chi connectivity index (χ2n) is 5.82. The van der Waals surface area contributed by atoms with Crippen LogP contribution in [-0.2, 0) is 10.0 Å². The molecule has 0 bridgehead atoms.